The van der Waals surface area contributed by atoms with Gasteiger partial charge in [-0.2, -0.15) is 0 Å². The maximum absolute atomic E-state index is 13.4. The van der Waals surface area contributed by atoms with Crippen LogP contribution in [-0.4, -0.2) is 6.04 Å². The monoisotopic (exact) mass is 275 g/mol. The molecular formula is C18H26FN. The summed E-state index contributed by atoms with van der Waals surface area (Å²) in [6, 6.07) is 7.74. The second kappa shape index (κ2) is 4.56. The minimum absolute atomic E-state index is 0.143. The Morgan fingerprint density at radius 1 is 1.30 bits per heavy atom. The number of hydrogen-bond donors (Lipinski definition) is 1. The highest BCUT2D eigenvalue weighted by Crippen LogP contribution is 2.65. The lowest BCUT2D eigenvalue weighted by Gasteiger charge is -2.40. The third-order valence-electron chi connectivity index (χ3n) is 6.59. The Morgan fingerprint density at radius 3 is 2.60 bits per heavy atom. The fourth-order valence-electron chi connectivity index (χ4n) is 4.63. The van der Waals surface area contributed by atoms with Crippen LogP contribution in [0.1, 0.15) is 58.6 Å². The molecule has 0 saturated heterocycles. The highest BCUT2D eigenvalue weighted by Gasteiger charge is 2.61. The van der Waals surface area contributed by atoms with Crippen molar-refractivity contribution in [2.24, 2.45) is 16.7 Å². The summed E-state index contributed by atoms with van der Waals surface area (Å²) < 4.78 is 13.4. The van der Waals surface area contributed by atoms with Crippen molar-refractivity contribution in [3.63, 3.8) is 0 Å². The van der Waals surface area contributed by atoms with E-state index < -0.39 is 0 Å². The average molecular weight is 275 g/mol. The molecule has 0 aliphatic heterocycles. The smallest absolute Gasteiger partial charge is 0.123 e. The summed E-state index contributed by atoms with van der Waals surface area (Å²) in [4.78, 5) is 0. The van der Waals surface area contributed by atoms with Gasteiger partial charge in [-0.3, -0.25) is 0 Å². The molecule has 2 aliphatic rings. The molecule has 1 nitrogen and oxygen atoms in total. The molecule has 0 radical (unpaired) electrons. The Balaban J connectivity index is 1.76. The molecule has 3 rings (SSSR count). The number of halogens is 1. The van der Waals surface area contributed by atoms with Gasteiger partial charge >= 0.3 is 0 Å². The largest absolute Gasteiger partial charge is 0.307 e. The van der Waals surface area contributed by atoms with Crippen LogP contribution in [0, 0.1) is 22.6 Å². The highest BCUT2D eigenvalue weighted by molar-refractivity contribution is 5.21. The lowest BCUT2D eigenvalue weighted by atomic mass is 9.69. The molecule has 4 atom stereocenters. The van der Waals surface area contributed by atoms with Gasteiger partial charge in [0.1, 0.15) is 5.82 Å². The van der Waals surface area contributed by atoms with E-state index in [2.05, 4.69) is 33.0 Å². The zero-order chi connectivity index (χ0) is 14.5. The molecule has 20 heavy (non-hydrogen) atoms. The third kappa shape index (κ3) is 1.92. The van der Waals surface area contributed by atoms with E-state index in [1.807, 2.05) is 6.07 Å². The number of rotatable bonds is 3. The molecule has 1 aromatic rings. The van der Waals surface area contributed by atoms with E-state index in [9.17, 15) is 4.39 Å². The van der Waals surface area contributed by atoms with Crippen LogP contribution in [0.5, 0.6) is 0 Å². The van der Waals surface area contributed by atoms with Crippen LogP contribution in [0.3, 0.4) is 0 Å². The van der Waals surface area contributed by atoms with E-state index >= 15 is 0 Å². The second-order valence-electron chi connectivity index (χ2n) is 7.61. The first-order valence-corrected chi connectivity index (χ1v) is 7.86. The maximum Gasteiger partial charge on any atom is 0.123 e. The van der Waals surface area contributed by atoms with E-state index in [0.717, 1.165) is 11.5 Å². The predicted molar refractivity (Wildman–Crippen MR) is 81.0 cm³/mol. The maximum atomic E-state index is 13.4. The second-order valence-corrected chi connectivity index (χ2v) is 7.61. The summed E-state index contributed by atoms with van der Waals surface area (Å²) in [7, 11) is 0. The van der Waals surface area contributed by atoms with Gasteiger partial charge in [0.25, 0.3) is 0 Å². The van der Waals surface area contributed by atoms with Gasteiger partial charge in [-0.1, -0.05) is 32.9 Å². The lowest BCUT2D eigenvalue weighted by molar-refractivity contribution is 0.116. The molecule has 1 N–H and O–H groups in total. The van der Waals surface area contributed by atoms with Crippen LogP contribution in [-0.2, 0) is 0 Å². The zero-order valence-corrected chi connectivity index (χ0v) is 13.0. The standard InChI is InChI=1S/C18H26FN/c1-12(13-6-5-7-15(19)10-13)20-16-11-14-8-9-18(16,4)17(14,2)3/h5-7,10,12,14,16,20H,8-9,11H2,1-4H3. The molecule has 2 heteroatoms. The summed E-state index contributed by atoms with van der Waals surface area (Å²) in [6.07, 6.45) is 3.96. The first-order valence-electron chi connectivity index (χ1n) is 7.86. The highest BCUT2D eigenvalue weighted by atomic mass is 19.1. The van der Waals surface area contributed by atoms with Gasteiger partial charge in [-0.25, -0.2) is 4.39 Å². The summed E-state index contributed by atoms with van der Waals surface area (Å²) in [5, 5.41) is 3.78. The Bertz CT molecular complexity index is 510. The van der Waals surface area contributed by atoms with Crippen molar-refractivity contribution in [2.45, 2.75) is 59.0 Å². The van der Waals surface area contributed by atoms with E-state index in [-0.39, 0.29) is 11.9 Å². The van der Waals surface area contributed by atoms with Crippen molar-refractivity contribution in [2.75, 3.05) is 0 Å². The first-order chi connectivity index (χ1) is 9.34. The van der Waals surface area contributed by atoms with Crippen molar-refractivity contribution < 1.29 is 4.39 Å². The molecule has 2 aliphatic carbocycles. The van der Waals surface area contributed by atoms with E-state index in [1.54, 1.807) is 12.1 Å². The van der Waals surface area contributed by atoms with Gasteiger partial charge in [-0.05, 0) is 60.6 Å². The van der Waals surface area contributed by atoms with Crippen molar-refractivity contribution >= 4 is 0 Å². The Hall–Kier alpha value is -0.890. The fraction of sp³-hybridized carbons (Fsp3) is 0.667. The third-order valence-corrected chi connectivity index (χ3v) is 6.59. The van der Waals surface area contributed by atoms with Crippen LogP contribution >= 0.6 is 0 Å². The average Bonchev–Trinajstić information content (AvgIpc) is 2.72. The van der Waals surface area contributed by atoms with Gasteiger partial charge in [0.2, 0.25) is 0 Å². The molecular weight excluding hydrogens is 249 g/mol. The predicted octanol–water partition coefficient (Wildman–Crippen LogP) is 4.69. The fourth-order valence-corrected chi connectivity index (χ4v) is 4.63. The van der Waals surface area contributed by atoms with Gasteiger partial charge in [-0.15, -0.1) is 0 Å². The van der Waals surface area contributed by atoms with Crippen molar-refractivity contribution in [1.29, 1.82) is 0 Å². The lowest BCUT2D eigenvalue weighted by Crippen LogP contribution is -2.45. The van der Waals surface area contributed by atoms with Gasteiger partial charge in [0.05, 0.1) is 0 Å². The molecule has 4 unspecified atom stereocenters. The van der Waals surface area contributed by atoms with Gasteiger partial charge in [0.15, 0.2) is 0 Å². The summed E-state index contributed by atoms with van der Waals surface area (Å²) >= 11 is 0. The molecule has 110 valence electrons. The molecule has 0 heterocycles. The Morgan fingerprint density at radius 2 is 2.05 bits per heavy atom. The van der Waals surface area contributed by atoms with Crippen LogP contribution < -0.4 is 5.32 Å². The van der Waals surface area contributed by atoms with Gasteiger partial charge in [0, 0.05) is 12.1 Å². The van der Waals surface area contributed by atoms with Crippen molar-refractivity contribution in [3.8, 4) is 0 Å². The minimum Gasteiger partial charge on any atom is -0.307 e. The quantitative estimate of drug-likeness (QED) is 0.843. The molecule has 1 aromatic carbocycles. The number of fused-ring (bicyclic) bond motifs is 2. The molecule has 2 fully saturated rings. The summed E-state index contributed by atoms with van der Waals surface area (Å²) in [5.41, 5.74) is 1.85. The number of hydrogen-bond acceptors (Lipinski definition) is 1. The molecule has 0 spiro atoms. The van der Waals surface area contributed by atoms with Crippen LogP contribution in [0.2, 0.25) is 0 Å². The molecule has 0 amide bonds. The minimum atomic E-state index is -0.143. The zero-order valence-electron chi connectivity index (χ0n) is 13.0. The Labute approximate surface area is 122 Å². The number of benzene rings is 1. The molecule has 0 aromatic heterocycles. The first kappa shape index (κ1) is 14.1. The summed E-state index contributed by atoms with van der Waals surface area (Å²) in [5.74, 6) is 0.695. The Kier molecular flexibility index (Phi) is 3.20. The van der Waals surface area contributed by atoms with Crippen molar-refractivity contribution in [1.82, 2.24) is 5.32 Å². The summed E-state index contributed by atoms with van der Waals surface area (Å²) in [6.45, 7) is 9.45. The number of nitrogens with one attached hydrogen (secondary N) is 1. The van der Waals surface area contributed by atoms with Crippen LogP contribution in [0.25, 0.3) is 0 Å². The van der Waals surface area contributed by atoms with Gasteiger partial charge < -0.3 is 5.32 Å². The van der Waals surface area contributed by atoms with E-state index in [0.29, 0.717) is 16.9 Å². The normalized spacial score (nSPS) is 36.2. The molecule has 2 bridgehead atoms. The van der Waals surface area contributed by atoms with E-state index in [4.69, 9.17) is 0 Å². The van der Waals surface area contributed by atoms with Crippen LogP contribution in [0.4, 0.5) is 4.39 Å². The topological polar surface area (TPSA) is 12.0 Å². The van der Waals surface area contributed by atoms with E-state index in [1.165, 1.54) is 25.3 Å². The molecule has 2 saturated carbocycles. The van der Waals surface area contributed by atoms with Crippen molar-refractivity contribution in [3.05, 3.63) is 35.6 Å². The SMILES string of the molecule is CC(NC1CC2CCC1(C)C2(C)C)c1cccc(F)c1. The van der Waals surface area contributed by atoms with Crippen LogP contribution in [0.15, 0.2) is 24.3 Å².